The van der Waals surface area contributed by atoms with Crippen LogP contribution in [0, 0.1) is 0 Å². The monoisotopic (exact) mass is 389 g/mol. The molecule has 1 atom stereocenters. The summed E-state index contributed by atoms with van der Waals surface area (Å²) in [5.74, 6) is 0.728. The molecule has 29 heavy (non-hydrogen) atoms. The molecule has 0 aliphatic carbocycles. The van der Waals surface area contributed by atoms with Gasteiger partial charge in [-0.15, -0.1) is 0 Å². The van der Waals surface area contributed by atoms with Crippen molar-refractivity contribution in [3.8, 4) is 0 Å². The Bertz CT molecular complexity index is 1000. The summed E-state index contributed by atoms with van der Waals surface area (Å²) in [7, 11) is 1.73. The fraction of sp³-hybridized carbons (Fsp3) is 0.333. The third kappa shape index (κ3) is 4.10. The molecule has 0 spiro atoms. The molecule has 4 rings (SSSR count). The molecule has 5 nitrogen and oxygen atoms in total. The number of carbonyl (C=O) groups is 1. The van der Waals surface area contributed by atoms with Crippen molar-refractivity contribution in [1.82, 2.24) is 4.98 Å². The molecule has 1 fully saturated rings. The molecule has 1 unspecified atom stereocenters. The quantitative estimate of drug-likeness (QED) is 0.666. The number of hydrogen-bond donors (Lipinski definition) is 1. The maximum Gasteiger partial charge on any atom is 0.256 e. The lowest BCUT2D eigenvalue weighted by Gasteiger charge is -2.26. The van der Waals surface area contributed by atoms with E-state index in [1.165, 1.54) is 5.56 Å². The van der Waals surface area contributed by atoms with Crippen molar-refractivity contribution < 1.29 is 9.53 Å². The molecule has 1 N–H and O–H groups in total. The van der Waals surface area contributed by atoms with Gasteiger partial charge in [-0.25, -0.2) is 4.98 Å². The van der Waals surface area contributed by atoms with Crippen molar-refractivity contribution in [2.24, 2.45) is 0 Å². The maximum absolute atomic E-state index is 13.2. The van der Waals surface area contributed by atoms with Crippen LogP contribution in [0.15, 0.2) is 54.6 Å². The number of amides is 1. The highest BCUT2D eigenvalue weighted by atomic mass is 16.5. The molecular weight excluding hydrogens is 362 g/mol. The number of nitrogens with one attached hydrogen (secondary N) is 1. The van der Waals surface area contributed by atoms with Gasteiger partial charge in [-0.1, -0.05) is 37.3 Å². The normalized spacial score (nSPS) is 16.3. The molecule has 0 saturated carbocycles. The van der Waals surface area contributed by atoms with Gasteiger partial charge >= 0.3 is 0 Å². The Kier molecular flexibility index (Phi) is 5.76. The predicted molar refractivity (Wildman–Crippen MR) is 118 cm³/mol. The summed E-state index contributed by atoms with van der Waals surface area (Å²) in [6.07, 6.45) is 3.16. The lowest BCUT2D eigenvalue weighted by atomic mass is 10.1. The van der Waals surface area contributed by atoms with Crippen molar-refractivity contribution >= 4 is 28.3 Å². The first-order valence-electron chi connectivity index (χ1n) is 10.2. The first kappa shape index (κ1) is 19.4. The molecule has 1 aliphatic rings. The molecule has 0 radical (unpaired) electrons. The van der Waals surface area contributed by atoms with Gasteiger partial charge in [0.1, 0.15) is 5.82 Å². The van der Waals surface area contributed by atoms with Crippen LogP contribution >= 0.6 is 0 Å². The third-order valence-corrected chi connectivity index (χ3v) is 5.60. The number of anilines is 2. The first-order valence-corrected chi connectivity index (χ1v) is 10.2. The van der Waals surface area contributed by atoms with E-state index in [2.05, 4.69) is 17.1 Å². The van der Waals surface area contributed by atoms with E-state index in [-0.39, 0.29) is 5.91 Å². The van der Waals surface area contributed by atoms with Gasteiger partial charge < -0.3 is 15.0 Å². The summed E-state index contributed by atoms with van der Waals surface area (Å²) < 4.78 is 5.39. The molecule has 0 bridgehead atoms. The summed E-state index contributed by atoms with van der Waals surface area (Å²) in [4.78, 5) is 20.3. The van der Waals surface area contributed by atoms with Gasteiger partial charge in [-0.3, -0.25) is 4.79 Å². The number of aryl methyl sites for hydroxylation is 1. The lowest BCUT2D eigenvalue weighted by molar-refractivity contribution is 0.102. The Morgan fingerprint density at radius 1 is 1.21 bits per heavy atom. The van der Waals surface area contributed by atoms with E-state index in [0.29, 0.717) is 18.2 Å². The average molecular weight is 389 g/mol. The number of nitrogens with zero attached hydrogens (tertiary/aromatic N) is 2. The van der Waals surface area contributed by atoms with Crippen LogP contribution in [0.1, 0.15) is 35.7 Å². The first-order chi connectivity index (χ1) is 14.2. The molecule has 5 heteroatoms. The molecule has 1 aromatic heterocycles. The van der Waals surface area contributed by atoms with Crippen LogP contribution < -0.4 is 10.2 Å². The fourth-order valence-corrected chi connectivity index (χ4v) is 4.02. The third-order valence-electron chi connectivity index (χ3n) is 5.60. The molecule has 1 amide bonds. The largest absolute Gasteiger partial charge is 0.383 e. The number of hydrogen-bond acceptors (Lipinski definition) is 4. The second-order valence-electron chi connectivity index (χ2n) is 7.49. The average Bonchev–Trinajstić information content (AvgIpc) is 3.22. The Morgan fingerprint density at radius 3 is 2.76 bits per heavy atom. The zero-order valence-corrected chi connectivity index (χ0v) is 17.0. The van der Waals surface area contributed by atoms with Crippen molar-refractivity contribution in [1.29, 1.82) is 0 Å². The van der Waals surface area contributed by atoms with E-state index in [9.17, 15) is 4.79 Å². The van der Waals surface area contributed by atoms with Crippen LogP contribution in [0.2, 0.25) is 0 Å². The summed E-state index contributed by atoms with van der Waals surface area (Å²) in [6, 6.07) is 18.0. The highest BCUT2D eigenvalue weighted by Gasteiger charge is 2.27. The Balaban J connectivity index is 1.69. The van der Waals surface area contributed by atoms with Crippen LogP contribution in [-0.2, 0) is 11.2 Å². The van der Waals surface area contributed by atoms with Gasteiger partial charge in [0.05, 0.1) is 23.7 Å². The SMILES string of the molecule is CCc1ccc(NC(=O)c2cc(N3CCCC3COC)nc3ccccc23)cc1. The molecule has 1 aliphatic heterocycles. The number of carbonyl (C=O) groups excluding carboxylic acids is 1. The summed E-state index contributed by atoms with van der Waals surface area (Å²) in [5, 5.41) is 3.91. The summed E-state index contributed by atoms with van der Waals surface area (Å²) >= 11 is 0. The number of pyridine rings is 1. The molecule has 1 saturated heterocycles. The maximum atomic E-state index is 13.2. The van der Waals surface area contributed by atoms with Gasteiger partial charge in [-0.2, -0.15) is 0 Å². The number of rotatable bonds is 6. The minimum atomic E-state index is -0.114. The second kappa shape index (κ2) is 8.62. The smallest absolute Gasteiger partial charge is 0.256 e. The summed E-state index contributed by atoms with van der Waals surface area (Å²) in [5.41, 5.74) is 3.53. The van der Waals surface area contributed by atoms with Crippen molar-refractivity contribution in [3.63, 3.8) is 0 Å². The number of benzene rings is 2. The predicted octanol–water partition coefficient (Wildman–Crippen LogP) is 4.66. The Morgan fingerprint density at radius 2 is 2.00 bits per heavy atom. The second-order valence-corrected chi connectivity index (χ2v) is 7.49. The van der Waals surface area contributed by atoms with E-state index in [1.807, 2.05) is 54.6 Å². The molecule has 150 valence electrons. The van der Waals surface area contributed by atoms with Crippen molar-refractivity contribution in [3.05, 3.63) is 65.7 Å². The van der Waals surface area contributed by atoms with Crippen molar-refractivity contribution in [2.45, 2.75) is 32.2 Å². The standard InChI is InChI=1S/C24H27N3O2/c1-3-17-10-12-18(13-11-17)25-24(28)21-15-23(26-22-9-5-4-8-20(21)22)27-14-6-7-19(27)16-29-2/h4-5,8-13,15,19H,3,6-7,14,16H2,1-2H3,(H,25,28). The number of aromatic nitrogens is 1. The molecular formula is C24H27N3O2. The van der Waals surface area contributed by atoms with Crippen LogP contribution in [0.4, 0.5) is 11.5 Å². The van der Waals surface area contributed by atoms with Crippen LogP contribution in [0.25, 0.3) is 10.9 Å². The summed E-state index contributed by atoms with van der Waals surface area (Å²) in [6.45, 7) is 3.71. The fourth-order valence-electron chi connectivity index (χ4n) is 4.02. The van der Waals surface area contributed by atoms with Crippen LogP contribution in [-0.4, -0.2) is 37.2 Å². The van der Waals surface area contributed by atoms with E-state index in [1.54, 1.807) is 7.11 Å². The van der Waals surface area contributed by atoms with Gasteiger partial charge in [-0.05, 0) is 49.1 Å². The highest BCUT2D eigenvalue weighted by molar-refractivity contribution is 6.13. The van der Waals surface area contributed by atoms with E-state index < -0.39 is 0 Å². The topological polar surface area (TPSA) is 54.5 Å². The van der Waals surface area contributed by atoms with Crippen LogP contribution in [0.3, 0.4) is 0 Å². The zero-order valence-electron chi connectivity index (χ0n) is 17.0. The van der Waals surface area contributed by atoms with Gasteiger partial charge in [0.15, 0.2) is 0 Å². The lowest BCUT2D eigenvalue weighted by Crippen LogP contribution is -2.33. The molecule has 2 heterocycles. The van der Waals surface area contributed by atoms with Gasteiger partial charge in [0.2, 0.25) is 0 Å². The number of fused-ring (bicyclic) bond motifs is 1. The highest BCUT2D eigenvalue weighted by Crippen LogP contribution is 2.29. The number of para-hydroxylation sites is 1. The van der Waals surface area contributed by atoms with Crippen LogP contribution in [0.5, 0.6) is 0 Å². The zero-order chi connectivity index (χ0) is 20.2. The van der Waals surface area contributed by atoms with E-state index in [0.717, 1.165) is 48.2 Å². The Labute approximate surface area is 171 Å². The molecule has 3 aromatic rings. The molecule has 2 aromatic carbocycles. The van der Waals surface area contributed by atoms with Gasteiger partial charge in [0, 0.05) is 24.7 Å². The number of ether oxygens (including phenoxy) is 1. The Hall–Kier alpha value is -2.92. The van der Waals surface area contributed by atoms with Gasteiger partial charge in [0.25, 0.3) is 5.91 Å². The minimum absolute atomic E-state index is 0.114. The number of methoxy groups -OCH3 is 1. The van der Waals surface area contributed by atoms with Crippen molar-refractivity contribution in [2.75, 3.05) is 30.5 Å². The minimum Gasteiger partial charge on any atom is -0.383 e. The van der Waals surface area contributed by atoms with E-state index in [4.69, 9.17) is 9.72 Å². The van der Waals surface area contributed by atoms with E-state index >= 15 is 0 Å².